The van der Waals surface area contributed by atoms with Gasteiger partial charge in [-0.25, -0.2) is 0 Å². The van der Waals surface area contributed by atoms with Crippen molar-refractivity contribution in [3.63, 3.8) is 0 Å². The summed E-state index contributed by atoms with van der Waals surface area (Å²) in [6.45, 7) is 6.30. The molecule has 0 aromatic heterocycles. The zero-order valence-electron chi connectivity index (χ0n) is 12.2. The van der Waals surface area contributed by atoms with Crippen LogP contribution in [0.1, 0.15) is 52.9 Å². The van der Waals surface area contributed by atoms with Crippen LogP contribution in [0.2, 0.25) is 0 Å². The van der Waals surface area contributed by atoms with E-state index in [4.69, 9.17) is 4.74 Å². The highest BCUT2D eigenvalue weighted by atomic mass is 16.5. The summed E-state index contributed by atoms with van der Waals surface area (Å²) < 4.78 is 5.76. The van der Waals surface area contributed by atoms with Crippen molar-refractivity contribution in [2.75, 3.05) is 13.7 Å². The minimum atomic E-state index is -0.143. The van der Waals surface area contributed by atoms with Crippen molar-refractivity contribution in [3.8, 4) is 0 Å². The highest BCUT2D eigenvalue weighted by molar-refractivity contribution is 5.77. The van der Waals surface area contributed by atoms with Crippen LogP contribution in [0.5, 0.6) is 0 Å². The van der Waals surface area contributed by atoms with Crippen LogP contribution in [0.15, 0.2) is 0 Å². The van der Waals surface area contributed by atoms with Crippen LogP contribution >= 0.6 is 0 Å². The lowest BCUT2D eigenvalue weighted by molar-refractivity contribution is -0.130. The third-order valence-electron chi connectivity index (χ3n) is 3.86. The average molecular weight is 256 g/mol. The molecule has 0 saturated heterocycles. The number of amides is 1. The van der Waals surface area contributed by atoms with Crippen LogP contribution in [0, 0.1) is 0 Å². The van der Waals surface area contributed by atoms with Gasteiger partial charge in [-0.15, -0.1) is 0 Å². The zero-order valence-corrected chi connectivity index (χ0v) is 12.2. The number of likely N-dealkylation sites (N-methyl/N-ethyl adjacent to an activating group) is 1. The molecule has 2 N–H and O–H groups in total. The minimum absolute atomic E-state index is 0.0118. The second-order valence-corrected chi connectivity index (χ2v) is 5.81. The number of ether oxygens (including phenoxy) is 1. The predicted octanol–water partition coefficient (Wildman–Crippen LogP) is 1.84. The monoisotopic (exact) mass is 256 g/mol. The molecule has 2 atom stereocenters. The Hall–Kier alpha value is -0.610. The van der Waals surface area contributed by atoms with E-state index in [-0.39, 0.29) is 24.2 Å². The summed E-state index contributed by atoms with van der Waals surface area (Å²) in [4.78, 5) is 11.8. The van der Waals surface area contributed by atoms with Gasteiger partial charge >= 0.3 is 0 Å². The summed E-state index contributed by atoms with van der Waals surface area (Å²) >= 11 is 0. The number of hydrogen-bond acceptors (Lipinski definition) is 3. The summed E-state index contributed by atoms with van der Waals surface area (Å²) in [7, 11) is 1.96. The molecule has 1 aliphatic rings. The topological polar surface area (TPSA) is 50.4 Å². The lowest BCUT2D eigenvalue weighted by atomic mass is 9.92. The highest BCUT2D eigenvalue weighted by Crippen LogP contribution is 2.21. The maximum Gasteiger partial charge on any atom is 0.246 e. The molecule has 4 heteroatoms. The Morgan fingerprint density at radius 3 is 2.61 bits per heavy atom. The Labute approximate surface area is 111 Å². The number of carbonyl (C=O) groups is 1. The predicted molar refractivity (Wildman–Crippen MR) is 73.6 cm³/mol. The maximum absolute atomic E-state index is 11.8. The number of carbonyl (C=O) groups excluding carboxylic acids is 1. The van der Waals surface area contributed by atoms with Gasteiger partial charge in [0, 0.05) is 11.6 Å². The van der Waals surface area contributed by atoms with Crippen molar-refractivity contribution >= 4 is 5.91 Å². The van der Waals surface area contributed by atoms with Crippen molar-refractivity contribution in [1.82, 2.24) is 10.6 Å². The Balaban J connectivity index is 2.33. The molecule has 1 saturated carbocycles. The van der Waals surface area contributed by atoms with Gasteiger partial charge in [0.25, 0.3) is 0 Å². The molecule has 1 aliphatic carbocycles. The molecule has 1 fully saturated rings. The third-order valence-corrected chi connectivity index (χ3v) is 3.86. The van der Waals surface area contributed by atoms with E-state index >= 15 is 0 Å². The smallest absolute Gasteiger partial charge is 0.246 e. The molecule has 0 aromatic rings. The van der Waals surface area contributed by atoms with Crippen molar-refractivity contribution in [1.29, 1.82) is 0 Å². The molecule has 106 valence electrons. The summed E-state index contributed by atoms with van der Waals surface area (Å²) in [5, 5.41) is 6.27. The van der Waals surface area contributed by atoms with E-state index in [1.165, 1.54) is 12.8 Å². The van der Waals surface area contributed by atoms with Gasteiger partial charge in [0.15, 0.2) is 0 Å². The normalized spacial score (nSPS) is 24.9. The molecular weight excluding hydrogens is 228 g/mol. The molecule has 0 spiro atoms. The van der Waals surface area contributed by atoms with E-state index in [1.54, 1.807) is 0 Å². The van der Waals surface area contributed by atoms with Crippen molar-refractivity contribution in [3.05, 3.63) is 0 Å². The van der Waals surface area contributed by atoms with Crippen molar-refractivity contribution < 1.29 is 9.53 Å². The van der Waals surface area contributed by atoms with Crippen LogP contribution in [0.3, 0.4) is 0 Å². The van der Waals surface area contributed by atoms with Gasteiger partial charge in [0.05, 0.1) is 6.10 Å². The van der Waals surface area contributed by atoms with Crippen LogP contribution in [-0.4, -0.2) is 37.2 Å². The Morgan fingerprint density at radius 2 is 2.00 bits per heavy atom. The molecule has 0 bridgehead atoms. The fraction of sp³-hybridized carbons (Fsp3) is 0.929. The van der Waals surface area contributed by atoms with Gasteiger partial charge in [0.1, 0.15) is 6.61 Å². The van der Waals surface area contributed by atoms with Gasteiger partial charge < -0.3 is 15.4 Å². The molecule has 0 aliphatic heterocycles. The Bertz CT molecular complexity index is 267. The molecule has 0 aromatic carbocycles. The van der Waals surface area contributed by atoms with Crippen LogP contribution in [-0.2, 0) is 9.53 Å². The first-order valence-corrected chi connectivity index (χ1v) is 7.08. The third kappa shape index (κ3) is 4.94. The zero-order chi connectivity index (χ0) is 13.6. The van der Waals surface area contributed by atoms with E-state index in [0.717, 1.165) is 19.3 Å². The van der Waals surface area contributed by atoms with Gasteiger partial charge in [-0.1, -0.05) is 19.8 Å². The summed E-state index contributed by atoms with van der Waals surface area (Å²) in [6, 6.07) is 0.394. The van der Waals surface area contributed by atoms with E-state index in [9.17, 15) is 4.79 Å². The highest BCUT2D eigenvalue weighted by Gasteiger charge is 2.25. The number of rotatable bonds is 6. The molecule has 0 radical (unpaired) electrons. The average Bonchev–Trinajstić information content (AvgIpc) is 2.36. The second-order valence-electron chi connectivity index (χ2n) is 5.81. The lowest BCUT2D eigenvalue weighted by Crippen LogP contribution is -2.47. The van der Waals surface area contributed by atoms with Crippen molar-refractivity contribution in [2.45, 2.75) is 70.6 Å². The van der Waals surface area contributed by atoms with E-state index in [1.807, 2.05) is 20.9 Å². The first-order chi connectivity index (χ1) is 8.48. The van der Waals surface area contributed by atoms with Gasteiger partial charge in [-0.2, -0.15) is 0 Å². The van der Waals surface area contributed by atoms with Gasteiger partial charge in [0.2, 0.25) is 5.91 Å². The summed E-state index contributed by atoms with van der Waals surface area (Å²) in [5.41, 5.74) is -0.143. The molecule has 1 amide bonds. The molecule has 2 unspecified atom stereocenters. The quantitative estimate of drug-likeness (QED) is 0.762. The first kappa shape index (κ1) is 15.4. The molecule has 1 rings (SSSR count). The van der Waals surface area contributed by atoms with Crippen LogP contribution < -0.4 is 10.6 Å². The first-order valence-electron chi connectivity index (χ1n) is 7.08. The fourth-order valence-corrected chi connectivity index (χ4v) is 2.31. The van der Waals surface area contributed by atoms with E-state index in [0.29, 0.717) is 6.04 Å². The standard InChI is InChI=1S/C14H28N2O2/c1-5-14(2,3)16-13(17)10-18-12-9-7-6-8-11(12)15-4/h11-12,15H,5-10H2,1-4H3,(H,16,17). The summed E-state index contributed by atoms with van der Waals surface area (Å²) in [5.74, 6) is -0.0118. The van der Waals surface area contributed by atoms with Crippen molar-refractivity contribution in [2.24, 2.45) is 0 Å². The molecule has 4 nitrogen and oxygen atoms in total. The van der Waals surface area contributed by atoms with E-state index < -0.39 is 0 Å². The SMILES string of the molecule is CCC(C)(C)NC(=O)COC1CCCCC1NC. The Kier molecular flexibility index (Phi) is 6.09. The molecular formula is C14H28N2O2. The maximum atomic E-state index is 11.8. The van der Waals surface area contributed by atoms with Crippen LogP contribution in [0.4, 0.5) is 0 Å². The van der Waals surface area contributed by atoms with E-state index in [2.05, 4.69) is 17.6 Å². The van der Waals surface area contributed by atoms with Gasteiger partial charge in [-0.05, 0) is 40.2 Å². The number of nitrogens with one attached hydrogen (secondary N) is 2. The summed E-state index contributed by atoms with van der Waals surface area (Å²) in [6.07, 6.45) is 5.74. The largest absolute Gasteiger partial charge is 0.367 e. The number of hydrogen-bond donors (Lipinski definition) is 2. The lowest BCUT2D eigenvalue weighted by Gasteiger charge is -2.31. The molecule has 0 heterocycles. The van der Waals surface area contributed by atoms with Gasteiger partial charge in [-0.3, -0.25) is 4.79 Å². The fourth-order valence-electron chi connectivity index (χ4n) is 2.31. The minimum Gasteiger partial charge on any atom is -0.367 e. The van der Waals surface area contributed by atoms with Crippen LogP contribution in [0.25, 0.3) is 0 Å². The Morgan fingerprint density at radius 1 is 1.33 bits per heavy atom. The second kappa shape index (κ2) is 7.10. The molecule has 18 heavy (non-hydrogen) atoms.